The van der Waals surface area contributed by atoms with Crippen molar-refractivity contribution < 1.29 is 0 Å². The molecule has 0 saturated carbocycles. The number of aromatic nitrogens is 1. The minimum atomic E-state index is 0.925. The van der Waals surface area contributed by atoms with Crippen LogP contribution in [-0.4, -0.2) is 4.98 Å². The molecule has 2 heteroatoms. The summed E-state index contributed by atoms with van der Waals surface area (Å²) in [5, 5.41) is 5.95. The van der Waals surface area contributed by atoms with Gasteiger partial charge in [-0.05, 0) is 42.0 Å². The van der Waals surface area contributed by atoms with Crippen LogP contribution in [0.4, 0.5) is 11.5 Å². The van der Waals surface area contributed by atoms with Crippen molar-refractivity contribution in [3.63, 3.8) is 0 Å². The SMILES string of the molecule is CCCCCCc1ccnc(Nc2cccc3ccccc23)c1. The van der Waals surface area contributed by atoms with Gasteiger partial charge in [-0.3, -0.25) is 0 Å². The highest BCUT2D eigenvalue weighted by atomic mass is 15.0. The van der Waals surface area contributed by atoms with E-state index < -0.39 is 0 Å². The fraction of sp³-hybridized carbons (Fsp3) is 0.286. The van der Waals surface area contributed by atoms with Gasteiger partial charge in [-0.25, -0.2) is 4.98 Å². The zero-order valence-corrected chi connectivity index (χ0v) is 13.8. The first-order valence-corrected chi connectivity index (χ1v) is 8.56. The molecular formula is C21H24N2. The van der Waals surface area contributed by atoms with Crippen LogP contribution >= 0.6 is 0 Å². The minimum absolute atomic E-state index is 0.925. The summed E-state index contributed by atoms with van der Waals surface area (Å²) in [6.45, 7) is 2.25. The van der Waals surface area contributed by atoms with Crippen molar-refractivity contribution in [2.24, 2.45) is 0 Å². The van der Waals surface area contributed by atoms with Gasteiger partial charge in [0.15, 0.2) is 0 Å². The molecule has 0 unspecified atom stereocenters. The van der Waals surface area contributed by atoms with E-state index in [4.69, 9.17) is 0 Å². The van der Waals surface area contributed by atoms with Crippen molar-refractivity contribution in [3.05, 3.63) is 66.4 Å². The molecule has 0 radical (unpaired) electrons. The van der Waals surface area contributed by atoms with Crippen LogP contribution in [0.1, 0.15) is 38.2 Å². The number of pyridine rings is 1. The first kappa shape index (κ1) is 15.5. The molecule has 1 heterocycles. The smallest absolute Gasteiger partial charge is 0.130 e. The fourth-order valence-corrected chi connectivity index (χ4v) is 2.93. The van der Waals surface area contributed by atoms with Crippen LogP contribution in [0.5, 0.6) is 0 Å². The highest BCUT2D eigenvalue weighted by Gasteiger charge is 2.02. The number of hydrogen-bond donors (Lipinski definition) is 1. The number of hydrogen-bond acceptors (Lipinski definition) is 2. The standard InChI is InChI=1S/C21H24N2/c1-2-3-4-5-9-17-14-15-22-21(16-17)23-20-13-8-11-18-10-6-7-12-19(18)20/h6-8,10-16H,2-5,9H2,1H3,(H,22,23). The highest BCUT2D eigenvalue weighted by Crippen LogP contribution is 2.25. The molecule has 1 aromatic heterocycles. The van der Waals surface area contributed by atoms with Crippen LogP contribution in [-0.2, 0) is 6.42 Å². The molecule has 3 aromatic rings. The van der Waals surface area contributed by atoms with Crippen molar-refractivity contribution in [3.8, 4) is 0 Å². The second kappa shape index (κ2) is 7.77. The average Bonchev–Trinajstić information content (AvgIpc) is 2.60. The molecule has 0 saturated heterocycles. The topological polar surface area (TPSA) is 24.9 Å². The Kier molecular flexibility index (Phi) is 5.25. The van der Waals surface area contributed by atoms with E-state index in [1.54, 1.807) is 0 Å². The highest BCUT2D eigenvalue weighted by molar-refractivity contribution is 5.95. The number of rotatable bonds is 7. The molecule has 0 amide bonds. The minimum Gasteiger partial charge on any atom is -0.340 e. The van der Waals surface area contributed by atoms with Crippen LogP contribution < -0.4 is 5.32 Å². The second-order valence-electron chi connectivity index (χ2n) is 6.01. The van der Waals surface area contributed by atoms with Crippen molar-refractivity contribution in [2.45, 2.75) is 39.0 Å². The van der Waals surface area contributed by atoms with Crippen LogP contribution in [0.3, 0.4) is 0 Å². The fourth-order valence-electron chi connectivity index (χ4n) is 2.93. The largest absolute Gasteiger partial charge is 0.340 e. The molecule has 23 heavy (non-hydrogen) atoms. The molecular weight excluding hydrogens is 280 g/mol. The van der Waals surface area contributed by atoms with Gasteiger partial charge in [0, 0.05) is 17.3 Å². The number of nitrogens with zero attached hydrogens (tertiary/aromatic N) is 1. The van der Waals surface area contributed by atoms with E-state index in [-0.39, 0.29) is 0 Å². The van der Waals surface area contributed by atoms with Crippen LogP contribution in [0, 0.1) is 0 Å². The van der Waals surface area contributed by atoms with E-state index in [1.807, 2.05) is 6.20 Å². The third-order valence-corrected chi connectivity index (χ3v) is 4.20. The predicted molar refractivity (Wildman–Crippen MR) is 99.3 cm³/mol. The second-order valence-corrected chi connectivity index (χ2v) is 6.01. The lowest BCUT2D eigenvalue weighted by Crippen LogP contribution is -1.96. The monoisotopic (exact) mass is 304 g/mol. The quantitative estimate of drug-likeness (QED) is 0.533. The zero-order chi connectivity index (χ0) is 15.9. The Morgan fingerprint density at radius 3 is 2.70 bits per heavy atom. The Morgan fingerprint density at radius 2 is 1.78 bits per heavy atom. The summed E-state index contributed by atoms with van der Waals surface area (Å²) in [5.74, 6) is 0.925. The predicted octanol–water partition coefficient (Wildman–Crippen LogP) is 6.10. The molecule has 2 aromatic carbocycles. The van der Waals surface area contributed by atoms with Crippen molar-refractivity contribution >= 4 is 22.3 Å². The lowest BCUT2D eigenvalue weighted by atomic mass is 10.1. The number of aryl methyl sites for hydroxylation is 1. The number of benzene rings is 2. The lowest BCUT2D eigenvalue weighted by Gasteiger charge is -2.10. The molecule has 2 nitrogen and oxygen atoms in total. The molecule has 0 aliphatic rings. The number of nitrogens with one attached hydrogen (secondary N) is 1. The molecule has 0 fully saturated rings. The summed E-state index contributed by atoms with van der Waals surface area (Å²) in [7, 11) is 0. The van der Waals surface area contributed by atoms with Crippen LogP contribution in [0.15, 0.2) is 60.8 Å². The number of anilines is 2. The van der Waals surface area contributed by atoms with Crippen molar-refractivity contribution in [1.82, 2.24) is 4.98 Å². The first-order valence-electron chi connectivity index (χ1n) is 8.56. The van der Waals surface area contributed by atoms with E-state index in [0.717, 1.165) is 17.9 Å². The van der Waals surface area contributed by atoms with Gasteiger partial charge in [0.05, 0.1) is 0 Å². The summed E-state index contributed by atoms with van der Waals surface area (Å²) in [6, 6.07) is 19.1. The van der Waals surface area contributed by atoms with Gasteiger partial charge in [0.1, 0.15) is 5.82 Å². The molecule has 1 N–H and O–H groups in total. The van der Waals surface area contributed by atoms with Crippen molar-refractivity contribution in [1.29, 1.82) is 0 Å². The summed E-state index contributed by atoms with van der Waals surface area (Å²) in [4.78, 5) is 4.47. The molecule has 0 spiro atoms. The van der Waals surface area contributed by atoms with Crippen LogP contribution in [0.2, 0.25) is 0 Å². The summed E-state index contributed by atoms with van der Waals surface area (Å²) < 4.78 is 0. The van der Waals surface area contributed by atoms with Crippen molar-refractivity contribution in [2.75, 3.05) is 5.32 Å². The first-order chi connectivity index (χ1) is 11.4. The molecule has 0 bridgehead atoms. The zero-order valence-electron chi connectivity index (χ0n) is 13.8. The van der Waals surface area contributed by atoms with Gasteiger partial charge in [-0.2, -0.15) is 0 Å². The lowest BCUT2D eigenvalue weighted by molar-refractivity contribution is 0.666. The maximum Gasteiger partial charge on any atom is 0.130 e. The van der Waals surface area contributed by atoms with E-state index in [9.17, 15) is 0 Å². The van der Waals surface area contributed by atoms with Gasteiger partial charge in [0.25, 0.3) is 0 Å². The number of unbranched alkanes of at least 4 members (excludes halogenated alkanes) is 3. The molecule has 0 atom stereocenters. The Labute approximate surface area is 138 Å². The molecule has 0 aliphatic carbocycles. The average molecular weight is 304 g/mol. The maximum atomic E-state index is 4.47. The molecule has 3 rings (SSSR count). The van der Waals surface area contributed by atoms with E-state index in [2.05, 4.69) is 71.8 Å². The Hall–Kier alpha value is -2.35. The van der Waals surface area contributed by atoms with Gasteiger partial charge in [-0.15, -0.1) is 0 Å². The van der Waals surface area contributed by atoms with E-state index in [1.165, 1.54) is 42.0 Å². The van der Waals surface area contributed by atoms with Gasteiger partial charge >= 0.3 is 0 Å². The van der Waals surface area contributed by atoms with Gasteiger partial charge in [0.2, 0.25) is 0 Å². The Morgan fingerprint density at radius 1 is 0.913 bits per heavy atom. The van der Waals surface area contributed by atoms with Crippen LogP contribution in [0.25, 0.3) is 10.8 Å². The molecule has 118 valence electrons. The van der Waals surface area contributed by atoms with E-state index in [0.29, 0.717) is 0 Å². The normalized spacial score (nSPS) is 10.8. The number of fused-ring (bicyclic) bond motifs is 1. The summed E-state index contributed by atoms with van der Waals surface area (Å²) >= 11 is 0. The van der Waals surface area contributed by atoms with E-state index >= 15 is 0 Å². The Balaban J connectivity index is 1.74. The Bertz CT molecular complexity index is 759. The third-order valence-electron chi connectivity index (χ3n) is 4.20. The summed E-state index contributed by atoms with van der Waals surface area (Å²) in [6.07, 6.45) is 8.21. The maximum absolute atomic E-state index is 4.47. The van der Waals surface area contributed by atoms with Gasteiger partial charge in [-0.1, -0.05) is 62.6 Å². The molecule has 0 aliphatic heterocycles. The third kappa shape index (κ3) is 4.10. The summed E-state index contributed by atoms with van der Waals surface area (Å²) in [5.41, 5.74) is 2.47. The van der Waals surface area contributed by atoms with Gasteiger partial charge < -0.3 is 5.32 Å².